The molecule has 0 saturated carbocycles. The maximum Gasteiger partial charge on any atom is 0.428 e. The second-order valence-corrected chi connectivity index (χ2v) is 5.69. The molecule has 0 saturated heterocycles. The van der Waals surface area contributed by atoms with E-state index >= 15 is 0 Å². The molecule has 1 aromatic carbocycles. The Balaban J connectivity index is 2.51. The van der Waals surface area contributed by atoms with E-state index in [0.29, 0.717) is 5.92 Å². The Bertz CT molecular complexity index is 442. The summed E-state index contributed by atoms with van der Waals surface area (Å²) in [5, 5.41) is 3.85. The molecule has 0 aliphatic heterocycles. The van der Waals surface area contributed by atoms with Crippen molar-refractivity contribution in [3.05, 3.63) is 35.4 Å². The molecule has 0 spiro atoms. The monoisotopic (exact) mass is 262 g/mol. The number of ether oxygens (including phenoxy) is 1. The van der Waals surface area contributed by atoms with Gasteiger partial charge < -0.3 is 4.74 Å². The molecule has 19 heavy (non-hydrogen) atoms. The van der Waals surface area contributed by atoms with Gasteiger partial charge in [0, 0.05) is 0 Å². The molecule has 0 heterocycles. The highest BCUT2D eigenvalue weighted by molar-refractivity contribution is 5.80. The number of nitrogens with one attached hydrogen (secondary N) is 1. The first-order chi connectivity index (χ1) is 8.78. The molecule has 1 aromatic rings. The predicted molar refractivity (Wildman–Crippen MR) is 77.5 cm³/mol. The second-order valence-electron chi connectivity index (χ2n) is 5.69. The van der Waals surface area contributed by atoms with Gasteiger partial charge in [0.05, 0.1) is 6.21 Å². The number of carbonyl (C=O) groups excluding carboxylic acids is 1. The minimum absolute atomic E-state index is 0.505. The largest absolute Gasteiger partial charge is 0.443 e. The first-order valence-electron chi connectivity index (χ1n) is 6.40. The van der Waals surface area contributed by atoms with Crippen molar-refractivity contribution < 1.29 is 9.53 Å². The van der Waals surface area contributed by atoms with Gasteiger partial charge in [0.1, 0.15) is 5.60 Å². The third-order valence-corrected chi connectivity index (χ3v) is 2.37. The van der Waals surface area contributed by atoms with Crippen LogP contribution in [0.1, 0.15) is 51.7 Å². The maximum absolute atomic E-state index is 11.3. The molecule has 0 fully saturated rings. The van der Waals surface area contributed by atoms with E-state index in [0.717, 1.165) is 5.56 Å². The zero-order valence-electron chi connectivity index (χ0n) is 12.2. The van der Waals surface area contributed by atoms with Crippen molar-refractivity contribution in [2.75, 3.05) is 0 Å². The van der Waals surface area contributed by atoms with Crippen LogP contribution in [0.3, 0.4) is 0 Å². The minimum atomic E-state index is -0.553. The normalized spacial score (nSPS) is 11.9. The number of rotatable bonds is 3. The van der Waals surface area contributed by atoms with Crippen molar-refractivity contribution in [3.63, 3.8) is 0 Å². The SMILES string of the molecule is CC(C)c1ccc(/C=N/NC(=O)OC(C)(C)C)cc1. The Morgan fingerprint density at radius 1 is 1.26 bits per heavy atom. The molecule has 104 valence electrons. The van der Waals surface area contributed by atoms with Crippen molar-refractivity contribution in [2.24, 2.45) is 5.10 Å². The number of benzene rings is 1. The van der Waals surface area contributed by atoms with Gasteiger partial charge in [-0.1, -0.05) is 38.1 Å². The third-order valence-electron chi connectivity index (χ3n) is 2.37. The topological polar surface area (TPSA) is 50.7 Å². The van der Waals surface area contributed by atoms with Gasteiger partial charge in [0.15, 0.2) is 0 Å². The highest BCUT2D eigenvalue weighted by atomic mass is 16.6. The average Bonchev–Trinajstić information content (AvgIpc) is 2.27. The Morgan fingerprint density at radius 3 is 2.32 bits per heavy atom. The molecule has 0 unspecified atom stereocenters. The molecule has 0 bridgehead atoms. The lowest BCUT2D eigenvalue weighted by atomic mass is 10.0. The van der Waals surface area contributed by atoms with E-state index in [9.17, 15) is 4.79 Å². The van der Waals surface area contributed by atoms with Crippen molar-refractivity contribution >= 4 is 12.3 Å². The van der Waals surface area contributed by atoms with E-state index in [2.05, 4.69) is 36.5 Å². The van der Waals surface area contributed by atoms with Gasteiger partial charge >= 0.3 is 6.09 Å². The fourth-order valence-corrected chi connectivity index (χ4v) is 1.43. The van der Waals surface area contributed by atoms with E-state index < -0.39 is 11.7 Å². The molecule has 0 aromatic heterocycles. The highest BCUT2D eigenvalue weighted by Gasteiger charge is 2.15. The van der Waals surface area contributed by atoms with Crippen molar-refractivity contribution in [1.82, 2.24) is 5.43 Å². The van der Waals surface area contributed by atoms with E-state index in [1.54, 1.807) is 27.0 Å². The lowest BCUT2D eigenvalue weighted by Gasteiger charge is -2.18. The summed E-state index contributed by atoms with van der Waals surface area (Å²) in [7, 11) is 0. The molecule has 0 aliphatic carbocycles. The van der Waals surface area contributed by atoms with Crippen LogP contribution in [0.25, 0.3) is 0 Å². The van der Waals surface area contributed by atoms with Crippen molar-refractivity contribution in [1.29, 1.82) is 0 Å². The van der Waals surface area contributed by atoms with Crippen LogP contribution in [0.5, 0.6) is 0 Å². The van der Waals surface area contributed by atoms with Crippen LogP contribution >= 0.6 is 0 Å². The van der Waals surface area contributed by atoms with E-state index in [-0.39, 0.29) is 0 Å². The number of amides is 1. The molecule has 4 nitrogen and oxygen atoms in total. The van der Waals surface area contributed by atoms with E-state index in [4.69, 9.17) is 4.74 Å². The third kappa shape index (κ3) is 6.04. The van der Waals surface area contributed by atoms with Gasteiger partial charge in [0.25, 0.3) is 0 Å². The molecule has 0 aliphatic rings. The molecular weight excluding hydrogens is 240 g/mol. The fourth-order valence-electron chi connectivity index (χ4n) is 1.43. The Kier molecular flexibility index (Phi) is 5.10. The number of nitrogens with zero attached hydrogens (tertiary/aromatic N) is 1. The summed E-state index contributed by atoms with van der Waals surface area (Å²) in [5.74, 6) is 0.505. The molecule has 4 heteroatoms. The molecule has 1 amide bonds. The number of carbonyl (C=O) groups is 1. The molecule has 1 N–H and O–H groups in total. The molecule has 0 atom stereocenters. The van der Waals surface area contributed by atoms with Crippen molar-refractivity contribution in [2.45, 2.75) is 46.1 Å². The van der Waals surface area contributed by atoms with Gasteiger partial charge in [-0.2, -0.15) is 5.10 Å². The van der Waals surface area contributed by atoms with Crippen LogP contribution < -0.4 is 5.43 Å². The lowest BCUT2D eigenvalue weighted by Crippen LogP contribution is -2.29. The summed E-state index contributed by atoms with van der Waals surface area (Å²) in [6.07, 6.45) is 1.04. The number of hydrogen-bond acceptors (Lipinski definition) is 3. The lowest BCUT2D eigenvalue weighted by molar-refractivity contribution is 0.0529. The van der Waals surface area contributed by atoms with Gasteiger partial charge in [-0.15, -0.1) is 0 Å². The molecule has 0 radical (unpaired) electrons. The van der Waals surface area contributed by atoms with Crippen LogP contribution in [-0.2, 0) is 4.74 Å². The first-order valence-corrected chi connectivity index (χ1v) is 6.40. The standard InChI is InChI=1S/C15H22N2O2/c1-11(2)13-8-6-12(7-9-13)10-16-17-14(18)19-15(3,4)5/h6-11H,1-5H3,(H,17,18)/b16-10+. The van der Waals surface area contributed by atoms with E-state index in [1.165, 1.54) is 5.56 Å². The summed E-state index contributed by atoms with van der Waals surface area (Å²) in [5.41, 5.74) is 4.02. The quantitative estimate of drug-likeness (QED) is 0.667. The molecular formula is C15H22N2O2. The smallest absolute Gasteiger partial charge is 0.428 e. The average molecular weight is 262 g/mol. The maximum atomic E-state index is 11.3. The molecule has 1 rings (SSSR count). The van der Waals surface area contributed by atoms with Crippen LogP contribution in [0, 0.1) is 0 Å². The van der Waals surface area contributed by atoms with Gasteiger partial charge in [-0.25, -0.2) is 10.2 Å². The Morgan fingerprint density at radius 2 is 1.84 bits per heavy atom. The fraction of sp³-hybridized carbons (Fsp3) is 0.467. The number of hydrogen-bond donors (Lipinski definition) is 1. The summed E-state index contributed by atoms with van der Waals surface area (Å²) in [6.45, 7) is 9.71. The highest BCUT2D eigenvalue weighted by Crippen LogP contribution is 2.13. The second kappa shape index (κ2) is 6.36. The van der Waals surface area contributed by atoms with Crippen molar-refractivity contribution in [3.8, 4) is 0 Å². The number of hydrazone groups is 1. The van der Waals surface area contributed by atoms with Crippen LogP contribution in [0.4, 0.5) is 4.79 Å². The predicted octanol–water partition coefficient (Wildman–Crippen LogP) is 3.67. The summed E-state index contributed by atoms with van der Waals surface area (Å²) in [6, 6.07) is 8.05. The summed E-state index contributed by atoms with van der Waals surface area (Å²) < 4.78 is 5.06. The van der Waals surface area contributed by atoms with Gasteiger partial charge in [-0.3, -0.25) is 0 Å². The van der Waals surface area contributed by atoms with E-state index in [1.807, 2.05) is 12.1 Å². The Hall–Kier alpha value is -1.84. The van der Waals surface area contributed by atoms with Gasteiger partial charge in [0.2, 0.25) is 0 Å². The zero-order valence-corrected chi connectivity index (χ0v) is 12.2. The van der Waals surface area contributed by atoms with Crippen LogP contribution in [0.15, 0.2) is 29.4 Å². The van der Waals surface area contributed by atoms with Gasteiger partial charge in [-0.05, 0) is 37.8 Å². The summed E-state index contributed by atoms with van der Waals surface area (Å²) in [4.78, 5) is 11.3. The Labute approximate surface area is 114 Å². The zero-order chi connectivity index (χ0) is 14.5. The first kappa shape index (κ1) is 15.2. The minimum Gasteiger partial charge on any atom is -0.443 e. The van der Waals surface area contributed by atoms with Crippen LogP contribution in [-0.4, -0.2) is 17.9 Å². The van der Waals surface area contributed by atoms with Crippen LogP contribution in [0.2, 0.25) is 0 Å². The summed E-state index contributed by atoms with van der Waals surface area (Å²) >= 11 is 0.